The van der Waals surface area contributed by atoms with E-state index in [-0.39, 0.29) is 5.75 Å². The number of nitrogens with one attached hydrogen (secondary N) is 1. The number of methoxy groups -OCH3 is 1. The van der Waals surface area contributed by atoms with Gasteiger partial charge < -0.3 is 10.1 Å². The molecule has 2 rings (SSSR count). The molecule has 0 fully saturated rings. The minimum atomic E-state index is -0.415. The lowest BCUT2D eigenvalue weighted by Crippen LogP contribution is -2.07. The van der Waals surface area contributed by atoms with Crippen molar-refractivity contribution in [3.63, 3.8) is 0 Å². The fourth-order valence-electron chi connectivity index (χ4n) is 1.83. The third kappa shape index (κ3) is 3.10. The molecule has 1 aromatic heterocycles. The van der Waals surface area contributed by atoms with Crippen LogP contribution in [0.15, 0.2) is 18.5 Å². The predicted molar refractivity (Wildman–Crippen MR) is 74.0 cm³/mol. The van der Waals surface area contributed by atoms with Gasteiger partial charge in [-0.05, 0) is 18.4 Å². The van der Waals surface area contributed by atoms with E-state index in [9.17, 15) is 4.39 Å². The molecule has 0 unspecified atom stereocenters. The summed E-state index contributed by atoms with van der Waals surface area (Å²) < 4.78 is 18.6. The molecule has 5 heteroatoms. The maximum atomic E-state index is 13.6. The standard InChI is InChI=1S/C14H18FN3O/c1-9(2)4-5-16-14-10-6-13(19-3)11(15)7-12(10)17-8-18-14/h6-9H,4-5H2,1-3H3,(H,16,17,18). The Hall–Kier alpha value is -1.91. The highest BCUT2D eigenvalue weighted by atomic mass is 19.1. The normalized spacial score (nSPS) is 11.0. The van der Waals surface area contributed by atoms with Gasteiger partial charge in [0.25, 0.3) is 0 Å². The summed E-state index contributed by atoms with van der Waals surface area (Å²) >= 11 is 0. The quantitative estimate of drug-likeness (QED) is 0.899. The van der Waals surface area contributed by atoms with Crippen LogP contribution in [-0.2, 0) is 0 Å². The van der Waals surface area contributed by atoms with E-state index in [0.717, 1.165) is 18.4 Å². The molecular weight excluding hydrogens is 245 g/mol. The first-order valence-corrected chi connectivity index (χ1v) is 6.34. The van der Waals surface area contributed by atoms with Gasteiger partial charge in [-0.1, -0.05) is 13.8 Å². The van der Waals surface area contributed by atoms with Crippen molar-refractivity contribution in [2.24, 2.45) is 5.92 Å². The first-order chi connectivity index (χ1) is 9.11. The Kier molecular flexibility index (Phi) is 4.14. The maximum Gasteiger partial charge on any atom is 0.167 e. The number of ether oxygens (including phenoxy) is 1. The van der Waals surface area contributed by atoms with Crippen LogP contribution in [0, 0.1) is 11.7 Å². The Morgan fingerprint density at radius 1 is 1.32 bits per heavy atom. The molecule has 1 N–H and O–H groups in total. The summed E-state index contributed by atoms with van der Waals surface area (Å²) in [6.45, 7) is 5.15. The molecule has 0 bridgehead atoms. The van der Waals surface area contributed by atoms with Gasteiger partial charge in [-0.25, -0.2) is 14.4 Å². The van der Waals surface area contributed by atoms with Crippen molar-refractivity contribution in [3.05, 3.63) is 24.3 Å². The van der Waals surface area contributed by atoms with E-state index in [0.29, 0.717) is 17.3 Å². The molecular formula is C14H18FN3O. The number of fused-ring (bicyclic) bond motifs is 1. The monoisotopic (exact) mass is 263 g/mol. The van der Waals surface area contributed by atoms with Crippen LogP contribution in [0.5, 0.6) is 5.75 Å². The number of nitrogens with zero attached hydrogens (tertiary/aromatic N) is 2. The molecule has 0 aliphatic carbocycles. The van der Waals surface area contributed by atoms with Gasteiger partial charge in [0.05, 0.1) is 12.6 Å². The molecule has 0 saturated carbocycles. The molecule has 2 aromatic rings. The van der Waals surface area contributed by atoms with E-state index < -0.39 is 5.82 Å². The minimum absolute atomic E-state index is 0.203. The second-order valence-electron chi connectivity index (χ2n) is 4.84. The lowest BCUT2D eigenvalue weighted by molar-refractivity contribution is 0.387. The second-order valence-corrected chi connectivity index (χ2v) is 4.84. The van der Waals surface area contributed by atoms with Gasteiger partial charge in [-0.2, -0.15) is 0 Å². The number of halogens is 1. The van der Waals surface area contributed by atoms with Crippen molar-refractivity contribution in [2.45, 2.75) is 20.3 Å². The number of anilines is 1. The van der Waals surface area contributed by atoms with Crippen LogP contribution in [-0.4, -0.2) is 23.6 Å². The Morgan fingerprint density at radius 2 is 2.11 bits per heavy atom. The van der Waals surface area contributed by atoms with Crippen LogP contribution in [0.2, 0.25) is 0 Å². The summed E-state index contributed by atoms with van der Waals surface area (Å²) in [5.74, 6) is 1.12. The average Bonchev–Trinajstić information content (AvgIpc) is 2.37. The molecule has 0 spiro atoms. The molecule has 0 amide bonds. The van der Waals surface area contributed by atoms with E-state index in [2.05, 4.69) is 29.1 Å². The van der Waals surface area contributed by atoms with Crippen LogP contribution < -0.4 is 10.1 Å². The Morgan fingerprint density at radius 3 is 2.79 bits per heavy atom. The van der Waals surface area contributed by atoms with Crippen LogP contribution >= 0.6 is 0 Å². The molecule has 1 heterocycles. The highest BCUT2D eigenvalue weighted by Crippen LogP contribution is 2.27. The van der Waals surface area contributed by atoms with Crippen LogP contribution in [0.1, 0.15) is 20.3 Å². The van der Waals surface area contributed by atoms with Crippen molar-refractivity contribution in [1.29, 1.82) is 0 Å². The van der Waals surface area contributed by atoms with E-state index >= 15 is 0 Å². The summed E-state index contributed by atoms with van der Waals surface area (Å²) in [6, 6.07) is 2.99. The zero-order valence-electron chi connectivity index (χ0n) is 11.4. The van der Waals surface area contributed by atoms with Crippen LogP contribution in [0.4, 0.5) is 10.2 Å². The van der Waals surface area contributed by atoms with Gasteiger partial charge in [0, 0.05) is 18.0 Å². The molecule has 0 aliphatic heterocycles. The molecule has 0 aliphatic rings. The van der Waals surface area contributed by atoms with E-state index in [1.165, 1.54) is 19.5 Å². The smallest absolute Gasteiger partial charge is 0.167 e. The van der Waals surface area contributed by atoms with Crippen molar-refractivity contribution in [1.82, 2.24) is 9.97 Å². The van der Waals surface area contributed by atoms with Gasteiger partial charge in [-0.3, -0.25) is 0 Å². The second kappa shape index (κ2) is 5.82. The highest BCUT2D eigenvalue weighted by molar-refractivity contribution is 5.90. The lowest BCUT2D eigenvalue weighted by Gasteiger charge is -2.10. The number of benzene rings is 1. The molecule has 19 heavy (non-hydrogen) atoms. The largest absolute Gasteiger partial charge is 0.494 e. The Labute approximate surface area is 112 Å². The summed E-state index contributed by atoms with van der Waals surface area (Å²) in [7, 11) is 1.44. The minimum Gasteiger partial charge on any atom is -0.494 e. The van der Waals surface area contributed by atoms with Gasteiger partial charge in [0.2, 0.25) is 0 Å². The first kappa shape index (κ1) is 13.5. The van der Waals surface area contributed by atoms with Crippen molar-refractivity contribution in [3.8, 4) is 5.75 Å². The lowest BCUT2D eigenvalue weighted by atomic mass is 10.1. The van der Waals surface area contributed by atoms with Crippen LogP contribution in [0.25, 0.3) is 10.9 Å². The predicted octanol–water partition coefficient (Wildman–Crippen LogP) is 3.24. The van der Waals surface area contributed by atoms with Gasteiger partial charge in [0.1, 0.15) is 12.1 Å². The Bertz CT molecular complexity index is 572. The van der Waals surface area contributed by atoms with E-state index in [4.69, 9.17) is 4.74 Å². The highest BCUT2D eigenvalue weighted by Gasteiger charge is 2.09. The fourth-order valence-corrected chi connectivity index (χ4v) is 1.83. The molecule has 4 nitrogen and oxygen atoms in total. The van der Waals surface area contributed by atoms with Crippen molar-refractivity contribution < 1.29 is 9.13 Å². The van der Waals surface area contributed by atoms with Crippen LogP contribution in [0.3, 0.4) is 0 Å². The maximum absolute atomic E-state index is 13.6. The third-order valence-corrected chi connectivity index (χ3v) is 2.92. The van der Waals surface area contributed by atoms with Gasteiger partial charge in [0.15, 0.2) is 11.6 Å². The summed E-state index contributed by atoms with van der Waals surface area (Å²) in [5, 5.41) is 4.03. The molecule has 1 aromatic carbocycles. The zero-order valence-corrected chi connectivity index (χ0v) is 11.4. The first-order valence-electron chi connectivity index (χ1n) is 6.34. The number of hydrogen-bond donors (Lipinski definition) is 1. The number of hydrogen-bond acceptors (Lipinski definition) is 4. The van der Waals surface area contributed by atoms with E-state index in [1.807, 2.05) is 0 Å². The number of aromatic nitrogens is 2. The van der Waals surface area contributed by atoms with E-state index in [1.54, 1.807) is 6.07 Å². The molecule has 102 valence electrons. The van der Waals surface area contributed by atoms with Crippen molar-refractivity contribution >= 4 is 16.7 Å². The zero-order chi connectivity index (χ0) is 13.8. The van der Waals surface area contributed by atoms with Gasteiger partial charge in [-0.15, -0.1) is 0 Å². The third-order valence-electron chi connectivity index (χ3n) is 2.92. The molecule has 0 atom stereocenters. The average molecular weight is 263 g/mol. The van der Waals surface area contributed by atoms with Gasteiger partial charge >= 0.3 is 0 Å². The van der Waals surface area contributed by atoms with Crippen molar-refractivity contribution in [2.75, 3.05) is 19.0 Å². The summed E-state index contributed by atoms with van der Waals surface area (Å²) in [5.41, 5.74) is 0.570. The summed E-state index contributed by atoms with van der Waals surface area (Å²) in [4.78, 5) is 8.28. The number of rotatable bonds is 5. The topological polar surface area (TPSA) is 47.0 Å². The fraction of sp³-hybridized carbons (Fsp3) is 0.429. The molecule has 0 saturated heterocycles. The SMILES string of the molecule is COc1cc2c(NCCC(C)C)ncnc2cc1F. The summed E-state index contributed by atoms with van der Waals surface area (Å²) in [6.07, 6.45) is 2.48. The molecule has 0 radical (unpaired) electrons. The Balaban J connectivity index is 2.33.